The lowest BCUT2D eigenvalue weighted by Crippen LogP contribution is -2.00. The van der Waals surface area contributed by atoms with Gasteiger partial charge in [0, 0.05) is 38.5 Å². The molecule has 0 saturated heterocycles. The zero-order valence-corrected chi connectivity index (χ0v) is 27.9. The van der Waals surface area contributed by atoms with E-state index in [0.717, 1.165) is 77.7 Å². The van der Waals surface area contributed by atoms with Gasteiger partial charge in [0.15, 0.2) is 17.5 Å². The SMILES string of the molecule is C=Nc1c(/C=C\C)n(-c2ccccc2)c2ccc(-c3ccc4oc5cccc(-c6nc(-c7ccccc7)nc(-c7ccccc7)n6)c5c4c3)cc12. The quantitative estimate of drug-likeness (QED) is 0.160. The summed E-state index contributed by atoms with van der Waals surface area (Å²) in [4.78, 5) is 19.5. The first-order valence-electron chi connectivity index (χ1n) is 16.9. The molecule has 0 unspecified atom stereocenters. The molecule has 0 N–H and O–H groups in total. The second kappa shape index (κ2) is 12.5. The number of fused-ring (bicyclic) bond motifs is 4. The zero-order chi connectivity index (χ0) is 34.3. The van der Waals surface area contributed by atoms with Crippen LogP contribution in [0.5, 0.6) is 0 Å². The van der Waals surface area contributed by atoms with E-state index in [9.17, 15) is 0 Å². The van der Waals surface area contributed by atoms with Crippen LogP contribution < -0.4 is 0 Å². The Morgan fingerprint density at radius 2 is 1.20 bits per heavy atom. The van der Waals surface area contributed by atoms with Crippen molar-refractivity contribution in [3.05, 3.63) is 157 Å². The number of hydrogen-bond acceptors (Lipinski definition) is 5. The van der Waals surface area contributed by atoms with Crippen LogP contribution in [0.3, 0.4) is 0 Å². The molecule has 3 heterocycles. The molecule has 9 rings (SSSR count). The molecule has 9 aromatic rings. The molecule has 0 radical (unpaired) electrons. The molecule has 0 aliphatic rings. The third-order valence-electron chi connectivity index (χ3n) is 9.24. The van der Waals surface area contributed by atoms with Crippen LogP contribution in [0.15, 0.2) is 161 Å². The number of furan rings is 1. The summed E-state index contributed by atoms with van der Waals surface area (Å²) in [5, 5.41) is 2.97. The van der Waals surface area contributed by atoms with Gasteiger partial charge in [0.2, 0.25) is 0 Å². The highest BCUT2D eigenvalue weighted by Gasteiger charge is 2.20. The van der Waals surface area contributed by atoms with Crippen LogP contribution in [0.1, 0.15) is 12.6 Å². The standard InChI is InChI=1S/C45H31N5O/c1-3-14-38-42(46-2)35-27-31(23-25-37(35)50(38)33-19-11-6-12-20-33)32-24-26-39-36(28-32)41-34(21-13-22-40(41)51-39)45-48-43(29-15-7-4-8-16-29)47-44(49-45)30-17-9-5-10-18-30/h3-28H,2H2,1H3/b14-3-. The topological polar surface area (TPSA) is 69.1 Å². The van der Waals surface area contributed by atoms with Gasteiger partial charge < -0.3 is 8.98 Å². The molecule has 6 nitrogen and oxygen atoms in total. The number of nitrogens with zero attached hydrogens (tertiary/aromatic N) is 5. The molecule has 0 bridgehead atoms. The average molecular weight is 658 g/mol. The van der Waals surface area contributed by atoms with Crippen molar-refractivity contribution < 1.29 is 4.42 Å². The Labute approximate surface area is 294 Å². The molecule has 6 heteroatoms. The smallest absolute Gasteiger partial charge is 0.164 e. The lowest BCUT2D eigenvalue weighted by Gasteiger charge is -2.10. The maximum atomic E-state index is 6.43. The van der Waals surface area contributed by atoms with Gasteiger partial charge in [0.25, 0.3) is 0 Å². The number of allylic oxidation sites excluding steroid dienone is 1. The van der Waals surface area contributed by atoms with E-state index in [2.05, 4.69) is 83.0 Å². The van der Waals surface area contributed by atoms with Crippen molar-refractivity contribution in [2.24, 2.45) is 4.99 Å². The molecule has 6 aromatic carbocycles. The Hall–Kier alpha value is -6.92. The number of aromatic nitrogens is 4. The molecule has 0 aliphatic heterocycles. The Morgan fingerprint density at radius 1 is 0.588 bits per heavy atom. The summed E-state index contributed by atoms with van der Waals surface area (Å²) >= 11 is 0. The van der Waals surface area contributed by atoms with Gasteiger partial charge in [-0.25, -0.2) is 15.0 Å². The fourth-order valence-electron chi connectivity index (χ4n) is 6.93. The molecule has 3 aromatic heterocycles. The maximum Gasteiger partial charge on any atom is 0.164 e. The number of hydrogen-bond donors (Lipinski definition) is 0. The van der Waals surface area contributed by atoms with E-state index in [1.54, 1.807) is 0 Å². The minimum atomic E-state index is 0.586. The van der Waals surface area contributed by atoms with E-state index in [1.807, 2.05) is 97.9 Å². The molecule has 242 valence electrons. The van der Waals surface area contributed by atoms with Gasteiger partial charge in [-0.2, -0.15) is 0 Å². The third kappa shape index (κ3) is 5.21. The first kappa shape index (κ1) is 30.2. The second-order valence-electron chi connectivity index (χ2n) is 12.3. The van der Waals surface area contributed by atoms with Crippen molar-refractivity contribution in [3.8, 4) is 51.0 Å². The van der Waals surface area contributed by atoms with Gasteiger partial charge >= 0.3 is 0 Å². The van der Waals surface area contributed by atoms with Crippen LogP contribution in [0.2, 0.25) is 0 Å². The molecule has 0 aliphatic carbocycles. The Bertz CT molecular complexity index is 2700. The molecular weight excluding hydrogens is 627 g/mol. The largest absolute Gasteiger partial charge is 0.456 e. The predicted octanol–water partition coefficient (Wildman–Crippen LogP) is 11.7. The minimum Gasteiger partial charge on any atom is -0.456 e. The van der Waals surface area contributed by atoms with Crippen LogP contribution in [0.25, 0.3) is 89.9 Å². The Morgan fingerprint density at radius 3 is 1.84 bits per heavy atom. The molecule has 0 fully saturated rings. The molecular formula is C45H31N5O. The van der Waals surface area contributed by atoms with Crippen molar-refractivity contribution in [1.82, 2.24) is 19.5 Å². The fourth-order valence-corrected chi connectivity index (χ4v) is 6.93. The van der Waals surface area contributed by atoms with Gasteiger partial charge in [-0.3, -0.25) is 4.99 Å². The van der Waals surface area contributed by atoms with E-state index < -0.39 is 0 Å². The molecule has 0 amide bonds. The zero-order valence-electron chi connectivity index (χ0n) is 27.9. The maximum absolute atomic E-state index is 6.43. The van der Waals surface area contributed by atoms with Crippen molar-refractivity contribution in [1.29, 1.82) is 0 Å². The summed E-state index contributed by atoms with van der Waals surface area (Å²) in [7, 11) is 0. The van der Waals surface area contributed by atoms with Crippen LogP contribution >= 0.6 is 0 Å². The summed E-state index contributed by atoms with van der Waals surface area (Å²) < 4.78 is 8.67. The lowest BCUT2D eigenvalue weighted by molar-refractivity contribution is 0.669. The van der Waals surface area contributed by atoms with E-state index in [0.29, 0.717) is 17.5 Å². The van der Waals surface area contributed by atoms with Gasteiger partial charge in [0.1, 0.15) is 11.2 Å². The summed E-state index contributed by atoms with van der Waals surface area (Å²) in [6, 6.07) is 49.4. The number of aliphatic imine (C=N–C) groups is 1. The van der Waals surface area contributed by atoms with Gasteiger partial charge in [-0.15, -0.1) is 0 Å². The number of para-hydroxylation sites is 1. The lowest BCUT2D eigenvalue weighted by atomic mass is 9.99. The van der Waals surface area contributed by atoms with Crippen molar-refractivity contribution in [2.75, 3.05) is 0 Å². The van der Waals surface area contributed by atoms with Crippen molar-refractivity contribution in [2.45, 2.75) is 6.92 Å². The number of benzene rings is 6. The highest BCUT2D eigenvalue weighted by Crippen LogP contribution is 2.41. The summed E-state index contributed by atoms with van der Waals surface area (Å²) in [6.07, 6.45) is 4.13. The minimum absolute atomic E-state index is 0.586. The summed E-state index contributed by atoms with van der Waals surface area (Å²) in [6.45, 7) is 5.98. The second-order valence-corrected chi connectivity index (χ2v) is 12.3. The first-order chi connectivity index (χ1) is 25.2. The van der Waals surface area contributed by atoms with Gasteiger partial charge in [0.05, 0.1) is 16.9 Å². The van der Waals surface area contributed by atoms with Crippen LogP contribution in [0, 0.1) is 0 Å². The molecule has 0 saturated carbocycles. The molecule has 0 spiro atoms. The van der Waals surface area contributed by atoms with E-state index in [4.69, 9.17) is 19.4 Å². The number of rotatable bonds is 7. The Kier molecular flexibility index (Phi) is 7.40. The highest BCUT2D eigenvalue weighted by molar-refractivity contribution is 6.13. The van der Waals surface area contributed by atoms with Crippen LogP contribution in [0.4, 0.5) is 5.69 Å². The molecule has 51 heavy (non-hydrogen) atoms. The van der Waals surface area contributed by atoms with E-state index in [-0.39, 0.29) is 0 Å². The van der Waals surface area contributed by atoms with Crippen LogP contribution in [-0.2, 0) is 0 Å². The van der Waals surface area contributed by atoms with Gasteiger partial charge in [-0.05, 0) is 73.3 Å². The highest BCUT2D eigenvalue weighted by atomic mass is 16.3. The predicted molar refractivity (Wildman–Crippen MR) is 210 cm³/mol. The van der Waals surface area contributed by atoms with Crippen LogP contribution in [-0.4, -0.2) is 26.2 Å². The fraction of sp³-hybridized carbons (Fsp3) is 0.0222. The van der Waals surface area contributed by atoms with E-state index in [1.165, 1.54) is 0 Å². The normalized spacial score (nSPS) is 11.6. The van der Waals surface area contributed by atoms with E-state index >= 15 is 0 Å². The third-order valence-corrected chi connectivity index (χ3v) is 9.24. The van der Waals surface area contributed by atoms with Gasteiger partial charge in [-0.1, -0.05) is 109 Å². The first-order valence-corrected chi connectivity index (χ1v) is 16.9. The average Bonchev–Trinajstić information content (AvgIpc) is 3.73. The van der Waals surface area contributed by atoms with Crippen molar-refractivity contribution >= 4 is 51.3 Å². The summed E-state index contributed by atoms with van der Waals surface area (Å²) in [5.41, 5.74) is 10.4. The summed E-state index contributed by atoms with van der Waals surface area (Å²) in [5.74, 6) is 1.82. The van der Waals surface area contributed by atoms with Crippen molar-refractivity contribution in [3.63, 3.8) is 0 Å². The molecule has 0 atom stereocenters. The Balaban J connectivity index is 1.23. The monoisotopic (exact) mass is 657 g/mol.